The van der Waals surface area contributed by atoms with Gasteiger partial charge in [0.05, 0.1) is 26.3 Å². The van der Waals surface area contributed by atoms with Gasteiger partial charge in [0.25, 0.3) is 11.7 Å². The van der Waals surface area contributed by atoms with Crippen molar-refractivity contribution in [3.05, 3.63) is 59.8 Å². The number of carbonyl (C=O) groups excluding carboxylic acids is 1. The predicted molar refractivity (Wildman–Crippen MR) is 108 cm³/mol. The minimum absolute atomic E-state index is 0.253. The van der Waals surface area contributed by atoms with Gasteiger partial charge < -0.3 is 9.80 Å². The van der Waals surface area contributed by atoms with Gasteiger partial charge in [0.2, 0.25) is 0 Å². The maximum absolute atomic E-state index is 12.7. The molecule has 1 aromatic heterocycles. The summed E-state index contributed by atoms with van der Waals surface area (Å²) in [5, 5.41) is 0. The van der Waals surface area contributed by atoms with E-state index in [2.05, 4.69) is 61.1 Å². The van der Waals surface area contributed by atoms with E-state index in [1.165, 1.54) is 16.0 Å². The number of pyridine rings is 1. The summed E-state index contributed by atoms with van der Waals surface area (Å²) in [5.41, 5.74) is 2.65. The number of H-pyrrole nitrogens is 1. The van der Waals surface area contributed by atoms with Gasteiger partial charge in [-0.05, 0) is 17.5 Å². The van der Waals surface area contributed by atoms with Crippen molar-refractivity contribution in [3.8, 4) is 0 Å². The van der Waals surface area contributed by atoms with E-state index in [4.69, 9.17) is 0 Å². The standard InChI is InChI=1S/C22H30N4O/c1-18(2)20-9-7-19(8-10-20)16-24(3)17-22(27)26-14-12-25(13-15-26)21-6-4-5-11-23-21/h4-11,18H,12-17H2,1-3H3/p+2. The minimum atomic E-state index is 0.253. The van der Waals surface area contributed by atoms with Crippen LogP contribution >= 0.6 is 0 Å². The summed E-state index contributed by atoms with van der Waals surface area (Å²) in [4.78, 5) is 21.5. The molecule has 2 N–H and O–H groups in total. The van der Waals surface area contributed by atoms with Crippen LogP contribution in [0, 0.1) is 0 Å². The lowest BCUT2D eigenvalue weighted by Gasteiger charge is -2.31. The molecule has 0 aliphatic carbocycles. The molecule has 1 unspecified atom stereocenters. The number of anilines is 1. The third kappa shape index (κ3) is 5.30. The Labute approximate surface area is 162 Å². The second-order valence-electron chi connectivity index (χ2n) is 7.82. The number of rotatable bonds is 6. The molecule has 1 aliphatic heterocycles. The van der Waals surface area contributed by atoms with Gasteiger partial charge in [-0.3, -0.25) is 9.69 Å². The van der Waals surface area contributed by atoms with Gasteiger partial charge in [0.15, 0.2) is 6.54 Å². The third-order valence-corrected chi connectivity index (χ3v) is 5.27. The molecule has 1 aliphatic rings. The monoisotopic (exact) mass is 368 g/mol. The number of likely N-dealkylation sites (N-methyl/N-ethyl adjacent to an activating group) is 1. The first-order valence-electron chi connectivity index (χ1n) is 9.92. The van der Waals surface area contributed by atoms with E-state index < -0.39 is 0 Å². The van der Waals surface area contributed by atoms with Gasteiger partial charge in [0, 0.05) is 11.6 Å². The van der Waals surface area contributed by atoms with E-state index in [0.717, 1.165) is 38.5 Å². The van der Waals surface area contributed by atoms with Crippen LogP contribution in [0.3, 0.4) is 0 Å². The van der Waals surface area contributed by atoms with E-state index in [0.29, 0.717) is 12.5 Å². The summed E-state index contributed by atoms with van der Waals surface area (Å²) in [6, 6.07) is 14.9. The average molecular weight is 369 g/mol. The Balaban J connectivity index is 1.46. The summed E-state index contributed by atoms with van der Waals surface area (Å²) >= 11 is 0. The lowest BCUT2D eigenvalue weighted by atomic mass is 10.0. The van der Waals surface area contributed by atoms with Gasteiger partial charge in [-0.15, -0.1) is 0 Å². The molecule has 2 heterocycles. The minimum Gasteiger partial charge on any atom is -0.330 e. The molecule has 1 atom stereocenters. The number of benzene rings is 1. The number of nitrogens with zero attached hydrogens (tertiary/aromatic N) is 2. The van der Waals surface area contributed by atoms with E-state index in [-0.39, 0.29) is 5.91 Å². The third-order valence-electron chi connectivity index (χ3n) is 5.27. The number of nitrogens with one attached hydrogen (secondary N) is 2. The van der Waals surface area contributed by atoms with Crippen LogP contribution in [0.2, 0.25) is 0 Å². The van der Waals surface area contributed by atoms with E-state index in [1.54, 1.807) is 0 Å². The molecule has 3 rings (SSSR count). The van der Waals surface area contributed by atoms with Gasteiger partial charge in [-0.25, -0.2) is 4.98 Å². The van der Waals surface area contributed by atoms with E-state index >= 15 is 0 Å². The van der Waals surface area contributed by atoms with Crippen LogP contribution in [0.5, 0.6) is 0 Å². The first kappa shape index (κ1) is 19.4. The quantitative estimate of drug-likeness (QED) is 0.826. The van der Waals surface area contributed by atoms with Crippen LogP contribution in [-0.4, -0.2) is 50.6 Å². The van der Waals surface area contributed by atoms with Crippen molar-refractivity contribution in [1.29, 1.82) is 0 Å². The lowest BCUT2D eigenvalue weighted by Crippen LogP contribution is -3.09. The predicted octanol–water partition coefficient (Wildman–Crippen LogP) is 0.988. The molecule has 2 aromatic rings. The number of hydrogen-bond acceptors (Lipinski definition) is 2. The van der Waals surface area contributed by atoms with Gasteiger partial charge in [-0.2, -0.15) is 0 Å². The Kier molecular flexibility index (Phi) is 6.45. The SMILES string of the molecule is CC(C)c1ccc(C[NH+](C)CC(=O)N2CCN(c3cccc[nH+]3)CC2)cc1. The molecule has 1 amide bonds. The first-order valence-corrected chi connectivity index (χ1v) is 9.92. The second kappa shape index (κ2) is 9.00. The number of hydrogen-bond donors (Lipinski definition) is 1. The zero-order valence-corrected chi connectivity index (χ0v) is 16.7. The fourth-order valence-corrected chi connectivity index (χ4v) is 3.58. The molecule has 0 radical (unpaired) electrons. The van der Waals surface area contributed by atoms with Crippen LogP contribution in [0.4, 0.5) is 5.82 Å². The van der Waals surface area contributed by atoms with Crippen molar-refractivity contribution in [3.63, 3.8) is 0 Å². The molecule has 5 nitrogen and oxygen atoms in total. The molecule has 1 aromatic carbocycles. The highest BCUT2D eigenvalue weighted by Crippen LogP contribution is 2.14. The Hall–Kier alpha value is -2.40. The number of aromatic amines is 1. The summed E-state index contributed by atoms with van der Waals surface area (Å²) in [7, 11) is 2.10. The number of carbonyl (C=O) groups is 1. The fourth-order valence-electron chi connectivity index (χ4n) is 3.58. The summed E-state index contributed by atoms with van der Waals surface area (Å²) in [6.07, 6.45) is 1.94. The largest absolute Gasteiger partial charge is 0.330 e. The summed E-state index contributed by atoms with van der Waals surface area (Å²) < 4.78 is 0. The highest BCUT2D eigenvalue weighted by Gasteiger charge is 2.27. The number of aromatic nitrogens is 1. The van der Waals surface area contributed by atoms with E-state index in [9.17, 15) is 4.79 Å². The number of amides is 1. The highest BCUT2D eigenvalue weighted by molar-refractivity contribution is 5.77. The second-order valence-corrected chi connectivity index (χ2v) is 7.82. The maximum atomic E-state index is 12.7. The zero-order chi connectivity index (χ0) is 19.2. The fraction of sp³-hybridized carbons (Fsp3) is 0.455. The smallest absolute Gasteiger partial charge is 0.278 e. The topological polar surface area (TPSA) is 42.1 Å². The van der Waals surface area contributed by atoms with Crippen LogP contribution in [0.25, 0.3) is 0 Å². The average Bonchev–Trinajstić information content (AvgIpc) is 2.69. The molecular weight excluding hydrogens is 336 g/mol. The van der Waals surface area contributed by atoms with Gasteiger partial charge >= 0.3 is 0 Å². The molecule has 0 saturated carbocycles. The molecule has 0 bridgehead atoms. The van der Waals surface area contributed by atoms with Crippen LogP contribution in [0.1, 0.15) is 30.9 Å². The Bertz CT molecular complexity index is 722. The number of quaternary nitrogens is 1. The van der Waals surface area contributed by atoms with Crippen molar-refractivity contribution in [2.75, 3.05) is 44.7 Å². The molecule has 5 heteroatoms. The normalized spacial score (nSPS) is 15.9. The maximum Gasteiger partial charge on any atom is 0.278 e. The van der Waals surface area contributed by atoms with Crippen molar-refractivity contribution >= 4 is 11.7 Å². The van der Waals surface area contributed by atoms with Crippen molar-refractivity contribution < 1.29 is 14.7 Å². The van der Waals surface area contributed by atoms with Crippen molar-refractivity contribution in [2.24, 2.45) is 0 Å². The van der Waals surface area contributed by atoms with Crippen molar-refractivity contribution in [2.45, 2.75) is 26.3 Å². The molecule has 1 fully saturated rings. The van der Waals surface area contributed by atoms with Crippen LogP contribution in [-0.2, 0) is 11.3 Å². The van der Waals surface area contributed by atoms with Crippen LogP contribution in [0.15, 0.2) is 48.7 Å². The summed E-state index contributed by atoms with van der Waals surface area (Å²) in [6.45, 7) is 9.17. The highest BCUT2D eigenvalue weighted by atomic mass is 16.2. The van der Waals surface area contributed by atoms with Crippen LogP contribution < -0.4 is 14.8 Å². The molecule has 0 spiro atoms. The van der Waals surface area contributed by atoms with E-state index in [1.807, 2.05) is 23.2 Å². The summed E-state index contributed by atoms with van der Waals surface area (Å²) in [5.74, 6) is 1.93. The Morgan fingerprint density at radius 3 is 2.37 bits per heavy atom. The Morgan fingerprint density at radius 1 is 1.07 bits per heavy atom. The molecular formula is C22H32N4O+2. The van der Waals surface area contributed by atoms with Gasteiger partial charge in [0.1, 0.15) is 19.6 Å². The Morgan fingerprint density at radius 2 is 1.78 bits per heavy atom. The lowest BCUT2D eigenvalue weighted by molar-refractivity contribution is -0.885. The molecule has 27 heavy (non-hydrogen) atoms. The van der Waals surface area contributed by atoms with Gasteiger partial charge in [-0.1, -0.05) is 44.2 Å². The first-order chi connectivity index (χ1) is 13.0. The van der Waals surface area contributed by atoms with Crippen molar-refractivity contribution in [1.82, 2.24) is 4.90 Å². The zero-order valence-electron chi connectivity index (χ0n) is 16.7. The molecule has 1 saturated heterocycles. The number of piperazine rings is 1. The molecule has 144 valence electrons.